The fourth-order valence-corrected chi connectivity index (χ4v) is 1.86. The maximum Gasteiger partial charge on any atom is 0.164 e. The van der Waals surface area contributed by atoms with Crippen LogP contribution in [0.2, 0.25) is 0 Å². The van der Waals surface area contributed by atoms with Crippen molar-refractivity contribution in [1.82, 2.24) is 4.90 Å². The molecule has 0 fully saturated rings. The first-order chi connectivity index (χ1) is 9.10. The number of halogens is 2. The second-order valence-electron chi connectivity index (χ2n) is 4.28. The molecule has 104 valence electrons. The predicted molar refractivity (Wildman–Crippen MR) is 72.8 cm³/mol. The molecule has 4 heteroatoms. The Morgan fingerprint density at radius 1 is 1.21 bits per heavy atom. The summed E-state index contributed by atoms with van der Waals surface area (Å²) in [5, 5.41) is 9.93. The largest absolute Gasteiger partial charge is 0.388 e. The third-order valence-corrected chi connectivity index (χ3v) is 2.83. The Bertz CT molecular complexity index is 424. The Kier molecular flexibility index (Phi) is 6.39. The van der Waals surface area contributed by atoms with Crippen LogP contribution in [0.5, 0.6) is 0 Å². The standard InChI is InChI=1S/C15H19F2NO/c1-3-9-18(10-4-2)11-8-14(19)12-6-5-7-13(16)15(12)17/h3-7,14,19H,1-2,8-11H2. The molecule has 1 aromatic carbocycles. The summed E-state index contributed by atoms with van der Waals surface area (Å²) in [6.07, 6.45) is 2.80. The van der Waals surface area contributed by atoms with Gasteiger partial charge in [-0.15, -0.1) is 13.2 Å². The van der Waals surface area contributed by atoms with E-state index in [1.165, 1.54) is 12.1 Å². The van der Waals surface area contributed by atoms with Gasteiger partial charge in [-0.1, -0.05) is 24.3 Å². The second-order valence-corrected chi connectivity index (χ2v) is 4.28. The first-order valence-corrected chi connectivity index (χ1v) is 6.16. The minimum atomic E-state index is -1.02. The lowest BCUT2D eigenvalue weighted by atomic mass is 10.1. The van der Waals surface area contributed by atoms with Gasteiger partial charge in [0.15, 0.2) is 11.6 Å². The number of benzene rings is 1. The van der Waals surface area contributed by atoms with Gasteiger partial charge in [-0.2, -0.15) is 0 Å². The molecule has 0 heterocycles. The average molecular weight is 267 g/mol. The molecule has 0 aliphatic carbocycles. The third-order valence-electron chi connectivity index (χ3n) is 2.83. The monoisotopic (exact) mass is 267 g/mol. The zero-order chi connectivity index (χ0) is 14.3. The van der Waals surface area contributed by atoms with Crippen LogP contribution in [-0.2, 0) is 0 Å². The number of hydrogen-bond acceptors (Lipinski definition) is 2. The molecule has 2 nitrogen and oxygen atoms in total. The number of nitrogens with zero attached hydrogens (tertiary/aromatic N) is 1. The quantitative estimate of drug-likeness (QED) is 0.732. The van der Waals surface area contributed by atoms with E-state index >= 15 is 0 Å². The van der Waals surface area contributed by atoms with Crippen LogP contribution in [0.1, 0.15) is 18.1 Å². The van der Waals surface area contributed by atoms with Gasteiger partial charge in [0.1, 0.15) is 0 Å². The van der Waals surface area contributed by atoms with Crippen LogP contribution >= 0.6 is 0 Å². The number of aliphatic hydroxyl groups excluding tert-OH is 1. The van der Waals surface area contributed by atoms with Gasteiger partial charge in [0.05, 0.1) is 6.10 Å². The highest BCUT2D eigenvalue weighted by Gasteiger charge is 2.16. The minimum absolute atomic E-state index is 0.00263. The van der Waals surface area contributed by atoms with Crippen LogP contribution in [0.15, 0.2) is 43.5 Å². The van der Waals surface area contributed by atoms with E-state index in [1.807, 2.05) is 4.90 Å². The van der Waals surface area contributed by atoms with E-state index in [9.17, 15) is 13.9 Å². The summed E-state index contributed by atoms with van der Waals surface area (Å²) < 4.78 is 26.5. The molecule has 1 aromatic rings. The van der Waals surface area contributed by atoms with E-state index in [2.05, 4.69) is 13.2 Å². The first-order valence-electron chi connectivity index (χ1n) is 6.16. The van der Waals surface area contributed by atoms with Crippen molar-refractivity contribution in [2.24, 2.45) is 0 Å². The molecular formula is C15H19F2NO. The Hall–Kier alpha value is -1.52. The zero-order valence-corrected chi connectivity index (χ0v) is 10.9. The van der Waals surface area contributed by atoms with Crippen molar-refractivity contribution in [2.45, 2.75) is 12.5 Å². The van der Waals surface area contributed by atoms with E-state index in [-0.39, 0.29) is 5.56 Å². The smallest absolute Gasteiger partial charge is 0.164 e. The molecule has 1 rings (SSSR count). The zero-order valence-electron chi connectivity index (χ0n) is 10.9. The Morgan fingerprint density at radius 3 is 2.42 bits per heavy atom. The van der Waals surface area contributed by atoms with Crippen LogP contribution in [0.3, 0.4) is 0 Å². The highest BCUT2D eigenvalue weighted by atomic mass is 19.2. The van der Waals surface area contributed by atoms with Crippen LogP contribution in [-0.4, -0.2) is 29.6 Å². The highest BCUT2D eigenvalue weighted by Crippen LogP contribution is 2.22. The number of aliphatic hydroxyl groups is 1. The molecule has 0 aliphatic heterocycles. The third kappa shape index (κ3) is 4.58. The van der Waals surface area contributed by atoms with Crippen LogP contribution in [0.4, 0.5) is 8.78 Å². The predicted octanol–water partition coefficient (Wildman–Crippen LogP) is 3.06. The van der Waals surface area contributed by atoms with E-state index in [1.54, 1.807) is 12.2 Å². The lowest BCUT2D eigenvalue weighted by Crippen LogP contribution is -2.26. The molecular weight excluding hydrogens is 248 g/mol. The van der Waals surface area contributed by atoms with Crippen molar-refractivity contribution >= 4 is 0 Å². The van der Waals surface area contributed by atoms with Crippen molar-refractivity contribution in [3.8, 4) is 0 Å². The molecule has 0 spiro atoms. The fourth-order valence-electron chi connectivity index (χ4n) is 1.86. The van der Waals surface area contributed by atoms with Crippen molar-refractivity contribution in [1.29, 1.82) is 0 Å². The molecule has 0 saturated heterocycles. The van der Waals surface area contributed by atoms with Crippen LogP contribution in [0.25, 0.3) is 0 Å². The van der Waals surface area contributed by atoms with Gasteiger partial charge in [-0.25, -0.2) is 8.78 Å². The topological polar surface area (TPSA) is 23.5 Å². The Labute approximate surface area is 112 Å². The lowest BCUT2D eigenvalue weighted by Gasteiger charge is -2.21. The summed E-state index contributed by atoms with van der Waals surface area (Å²) in [6.45, 7) is 9.16. The maximum atomic E-state index is 13.5. The second kappa shape index (κ2) is 7.81. The minimum Gasteiger partial charge on any atom is -0.388 e. The van der Waals surface area contributed by atoms with Gasteiger partial charge >= 0.3 is 0 Å². The average Bonchev–Trinajstić information content (AvgIpc) is 2.39. The van der Waals surface area contributed by atoms with Crippen LogP contribution in [0, 0.1) is 11.6 Å². The highest BCUT2D eigenvalue weighted by molar-refractivity contribution is 5.21. The summed E-state index contributed by atoms with van der Waals surface area (Å²) >= 11 is 0. The van der Waals surface area contributed by atoms with E-state index in [0.717, 1.165) is 6.07 Å². The van der Waals surface area contributed by atoms with Gasteiger partial charge in [0.25, 0.3) is 0 Å². The summed E-state index contributed by atoms with van der Waals surface area (Å²) in [5.41, 5.74) is -0.00263. The summed E-state index contributed by atoms with van der Waals surface area (Å²) in [6, 6.07) is 3.82. The van der Waals surface area contributed by atoms with Crippen molar-refractivity contribution in [2.75, 3.05) is 19.6 Å². The van der Waals surface area contributed by atoms with Gasteiger partial charge in [-0.3, -0.25) is 4.90 Å². The molecule has 0 saturated carbocycles. The molecule has 0 amide bonds. The molecule has 0 aliphatic rings. The summed E-state index contributed by atoms with van der Waals surface area (Å²) in [5.74, 6) is -1.92. The Morgan fingerprint density at radius 2 is 1.84 bits per heavy atom. The summed E-state index contributed by atoms with van der Waals surface area (Å²) in [7, 11) is 0. The normalized spacial score (nSPS) is 12.4. The van der Waals surface area contributed by atoms with Gasteiger partial charge in [0.2, 0.25) is 0 Å². The van der Waals surface area contributed by atoms with Gasteiger partial charge < -0.3 is 5.11 Å². The van der Waals surface area contributed by atoms with Gasteiger partial charge in [-0.05, 0) is 12.5 Å². The van der Waals surface area contributed by atoms with Crippen molar-refractivity contribution < 1.29 is 13.9 Å². The number of hydrogen-bond donors (Lipinski definition) is 1. The molecule has 0 aromatic heterocycles. The summed E-state index contributed by atoms with van der Waals surface area (Å²) in [4.78, 5) is 2.00. The Balaban J connectivity index is 2.63. The van der Waals surface area contributed by atoms with Crippen molar-refractivity contribution in [3.05, 3.63) is 60.7 Å². The fraction of sp³-hybridized carbons (Fsp3) is 0.333. The molecule has 19 heavy (non-hydrogen) atoms. The molecule has 0 bridgehead atoms. The van der Waals surface area contributed by atoms with Crippen LogP contribution < -0.4 is 0 Å². The molecule has 1 atom stereocenters. The van der Waals surface area contributed by atoms with Gasteiger partial charge in [0, 0.05) is 25.2 Å². The number of rotatable bonds is 8. The van der Waals surface area contributed by atoms with E-state index < -0.39 is 17.7 Å². The first kappa shape index (κ1) is 15.5. The van der Waals surface area contributed by atoms with E-state index in [0.29, 0.717) is 26.1 Å². The van der Waals surface area contributed by atoms with E-state index in [4.69, 9.17) is 0 Å². The molecule has 0 radical (unpaired) electrons. The lowest BCUT2D eigenvalue weighted by molar-refractivity contribution is 0.143. The molecule has 1 unspecified atom stereocenters. The SMILES string of the molecule is C=CCN(CC=C)CCC(O)c1cccc(F)c1F. The maximum absolute atomic E-state index is 13.5. The molecule has 1 N–H and O–H groups in total. The van der Waals surface area contributed by atoms with Crippen molar-refractivity contribution in [3.63, 3.8) is 0 Å².